The molecule has 0 aliphatic carbocycles. The first kappa shape index (κ1) is 14.0. The minimum Gasteiger partial charge on any atom is -0.481 e. The summed E-state index contributed by atoms with van der Waals surface area (Å²) in [5.74, 6) is -0.936. The van der Waals surface area contributed by atoms with E-state index in [1.54, 1.807) is 4.68 Å². The van der Waals surface area contributed by atoms with Crippen LogP contribution in [-0.4, -0.2) is 33.4 Å². The fourth-order valence-electron chi connectivity index (χ4n) is 1.59. The molecular weight excluding hydrogens is 236 g/mol. The number of aliphatic carboxylic acids is 1. The summed E-state index contributed by atoms with van der Waals surface area (Å²) in [6.45, 7) is 4.31. The number of nitrogens with zero attached hydrogens (tertiary/aromatic N) is 2. The van der Waals surface area contributed by atoms with E-state index >= 15 is 0 Å². The molecule has 3 N–H and O–H groups in total. The van der Waals surface area contributed by atoms with E-state index in [-0.39, 0.29) is 19.0 Å². The number of carbonyl (C=O) groups is 2. The Morgan fingerprint density at radius 1 is 1.33 bits per heavy atom. The number of rotatable bonds is 5. The van der Waals surface area contributed by atoms with Gasteiger partial charge in [-0.25, -0.2) is 4.79 Å². The highest BCUT2D eigenvalue weighted by molar-refractivity contribution is 5.75. The topological polar surface area (TPSA) is 96.3 Å². The van der Waals surface area contributed by atoms with Crippen LogP contribution in [0.2, 0.25) is 0 Å². The van der Waals surface area contributed by atoms with E-state index in [0.29, 0.717) is 6.54 Å². The maximum Gasteiger partial charge on any atom is 0.315 e. The molecule has 0 fully saturated rings. The smallest absolute Gasteiger partial charge is 0.315 e. The van der Waals surface area contributed by atoms with E-state index < -0.39 is 5.97 Å². The van der Waals surface area contributed by atoms with Crippen LogP contribution in [0, 0.1) is 13.8 Å². The number of carboxylic acid groups (broad SMARTS) is 1. The van der Waals surface area contributed by atoms with Crippen molar-refractivity contribution in [2.24, 2.45) is 7.05 Å². The predicted octanol–water partition coefficient (Wildman–Crippen LogP) is 0.311. The van der Waals surface area contributed by atoms with Crippen molar-refractivity contribution in [3.63, 3.8) is 0 Å². The lowest BCUT2D eigenvalue weighted by Crippen LogP contribution is -2.36. The van der Waals surface area contributed by atoms with E-state index in [4.69, 9.17) is 5.11 Å². The largest absolute Gasteiger partial charge is 0.481 e. The number of carboxylic acids is 1. The minimum absolute atomic E-state index is 0.0850. The van der Waals surface area contributed by atoms with E-state index in [1.807, 2.05) is 20.9 Å². The van der Waals surface area contributed by atoms with Gasteiger partial charge in [-0.2, -0.15) is 5.10 Å². The molecule has 0 atom stereocenters. The van der Waals surface area contributed by atoms with Crippen LogP contribution in [-0.2, 0) is 18.4 Å². The van der Waals surface area contributed by atoms with Gasteiger partial charge in [-0.05, 0) is 13.8 Å². The molecule has 0 aromatic carbocycles. The summed E-state index contributed by atoms with van der Waals surface area (Å²) >= 11 is 0. The zero-order chi connectivity index (χ0) is 13.7. The van der Waals surface area contributed by atoms with Crippen molar-refractivity contribution in [1.29, 1.82) is 0 Å². The average molecular weight is 254 g/mol. The monoisotopic (exact) mass is 254 g/mol. The Morgan fingerprint density at radius 3 is 2.50 bits per heavy atom. The zero-order valence-corrected chi connectivity index (χ0v) is 10.8. The van der Waals surface area contributed by atoms with Gasteiger partial charge in [0.1, 0.15) is 0 Å². The molecule has 18 heavy (non-hydrogen) atoms. The van der Waals surface area contributed by atoms with Gasteiger partial charge in [0.25, 0.3) is 0 Å². The van der Waals surface area contributed by atoms with Gasteiger partial charge in [0, 0.05) is 31.4 Å². The van der Waals surface area contributed by atoms with Gasteiger partial charge in [-0.15, -0.1) is 0 Å². The number of urea groups is 1. The first-order valence-electron chi connectivity index (χ1n) is 5.64. The molecule has 0 unspecified atom stereocenters. The van der Waals surface area contributed by atoms with Gasteiger partial charge in [0.15, 0.2) is 0 Å². The first-order valence-corrected chi connectivity index (χ1v) is 5.64. The Morgan fingerprint density at radius 2 is 2.00 bits per heavy atom. The maximum atomic E-state index is 11.4. The number of carbonyl (C=O) groups excluding carboxylic acids is 1. The summed E-state index contributed by atoms with van der Waals surface area (Å²) < 4.78 is 1.76. The van der Waals surface area contributed by atoms with Gasteiger partial charge in [-0.1, -0.05) is 0 Å². The van der Waals surface area contributed by atoms with E-state index in [1.165, 1.54) is 0 Å². The summed E-state index contributed by atoms with van der Waals surface area (Å²) in [6.07, 6.45) is -0.0850. The van der Waals surface area contributed by atoms with Crippen LogP contribution in [0.25, 0.3) is 0 Å². The minimum atomic E-state index is -0.936. The molecule has 0 spiro atoms. The number of hydrogen-bond donors (Lipinski definition) is 3. The summed E-state index contributed by atoms with van der Waals surface area (Å²) in [5, 5.41) is 17.8. The van der Waals surface area contributed by atoms with Crippen molar-refractivity contribution in [1.82, 2.24) is 20.4 Å². The molecule has 0 saturated carbocycles. The van der Waals surface area contributed by atoms with Crippen molar-refractivity contribution in [3.8, 4) is 0 Å². The van der Waals surface area contributed by atoms with Crippen molar-refractivity contribution in [2.75, 3.05) is 6.54 Å². The van der Waals surface area contributed by atoms with Crippen LogP contribution in [0.1, 0.15) is 23.4 Å². The lowest BCUT2D eigenvalue weighted by molar-refractivity contribution is -0.136. The molecule has 0 bridgehead atoms. The third-order valence-corrected chi connectivity index (χ3v) is 2.71. The molecule has 100 valence electrons. The third-order valence-electron chi connectivity index (χ3n) is 2.71. The highest BCUT2D eigenvalue weighted by Crippen LogP contribution is 2.10. The summed E-state index contributed by atoms with van der Waals surface area (Å²) in [5.41, 5.74) is 2.85. The lowest BCUT2D eigenvalue weighted by atomic mass is 10.2. The molecule has 2 amide bonds. The van der Waals surface area contributed by atoms with Crippen LogP contribution in [0.5, 0.6) is 0 Å². The maximum absolute atomic E-state index is 11.4. The molecular formula is C11H18N4O3. The molecule has 1 aromatic rings. The molecule has 0 radical (unpaired) electrons. The Kier molecular flexibility index (Phi) is 4.70. The Labute approximate surface area is 105 Å². The number of amides is 2. The van der Waals surface area contributed by atoms with Crippen LogP contribution in [0.4, 0.5) is 4.79 Å². The van der Waals surface area contributed by atoms with Crippen LogP contribution >= 0.6 is 0 Å². The van der Waals surface area contributed by atoms with Crippen LogP contribution in [0.15, 0.2) is 0 Å². The summed E-state index contributed by atoms with van der Waals surface area (Å²) in [6, 6.07) is -0.376. The molecule has 7 heteroatoms. The van der Waals surface area contributed by atoms with Crippen LogP contribution < -0.4 is 10.6 Å². The lowest BCUT2D eigenvalue weighted by Gasteiger charge is -2.07. The summed E-state index contributed by atoms with van der Waals surface area (Å²) in [4.78, 5) is 21.7. The molecule has 0 saturated heterocycles. The highest BCUT2D eigenvalue weighted by atomic mass is 16.4. The summed E-state index contributed by atoms with van der Waals surface area (Å²) in [7, 11) is 1.85. The Bertz CT molecular complexity index is 453. The molecule has 1 aromatic heterocycles. The van der Waals surface area contributed by atoms with E-state index in [9.17, 15) is 9.59 Å². The third kappa shape index (κ3) is 3.76. The Hall–Kier alpha value is -2.05. The quantitative estimate of drug-likeness (QED) is 0.704. The van der Waals surface area contributed by atoms with Crippen molar-refractivity contribution in [3.05, 3.63) is 17.0 Å². The molecule has 1 heterocycles. The highest BCUT2D eigenvalue weighted by Gasteiger charge is 2.10. The molecule has 0 aliphatic rings. The Balaban J connectivity index is 2.40. The number of aromatic nitrogens is 2. The number of aryl methyl sites for hydroxylation is 2. The van der Waals surface area contributed by atoms with Gasteiger partial charge in [0.05, 0.1) is 12.1 Å². The molecule has 7 nitrogen and oxygen atoms in total. The van der Waals surface area contributed by atoms with Gasteiger partial charge in [-0.3, -0.25) is 9.48 Å². The second kappa shape index (κ2) is 6.04. The first-order chi connectivity index (χ1) is 8.41. The number of hydrogen-bond acceptors (Lipinski definition) is 3. The fraction of sp³-hybridized carbons (Fsp3) is 0.545. The molecule has 1 rings (SSSR count). The van der Waals surface area contributed by atoms with Crippen molar-refractivity contribution < 1.29 is 14.7 Å². The predicted molar refractivity (Wildman–Crippen MR) is 65.2 cm³/mol. The van der Waals surface area contributed by atoms with Crippen LogP contribution in [0.3, 0.4) is 0 Å². The second-order valence-electron chi connectivity index (χ2n) is 4.03. The van der Waals surface area contributed by atoms with Gasteiger partial charge >= 0.3 is 12.0 Å². The SMILES string of the molecule is Cc1nn(C)c(C)c1CNC(=O)NCCC(=O)O. The second-order valence-corrected chi connectivity index (χ2v) is 4.03. The van der Waals surface area contributed by atoms with E-state index in [0.717, 1.165) is 17.0 Å². The number of nitrogens with one attached hydrogen (secondary N) is 2. The average Bonchev–Trinajstić information content (AvgIpc) is 2.50. The fourth-order valence-corrected chi connectivity index (χ4v) is 1.59. The van der Waals surface area contributed by atoms with Gasteiger partial charge in [0.2, 0.25) is 0 Å². The van der Waals surface area contributed by atoms with Gasteiger partial charge < -0.3 is 15.7 Å². The standard InChI is InChI=1S/C11H18N4O3/c1-7-9(8(2)15(3)14-7)6-13-11(18)12-5-4-10(16)17/h4-6H2,1-3H3,(H,16,17)(H2,12,13,18). The normalized spacial score (nSPS) is 10.2. The molecule has 0 aliphatic heterocycles. The van der Waals surface area contributed by atoms with Crippen molar-refractivity contribution in [2.45, 2.75) is 26.8 Å². The zero-order valence-electron chi connectivity index (χ0n) is 10.8. The van der Waals surface area contributed by atoms with E-state index in [2.05, 4.69) is 15.7 Å². The van der Waals surface area contributed by atoms with Crippen molar-refractivity contribution >= 4 is 12.0 Å².